The summed E-state index contributed by atoms with van der Waals surface area (Å²) in [6, 6.07) is 17.2. The summed E-state index contributed by atoms with van der Waals surface area (Å²) in [5.74, 6) is -0.825. The standard InChI is InChI=1S/C21H20N2O5/c1-3-26-17-12-8-7-11-16(17)22-20(24)19(15-9-5-4-6-10-15)27-21(25)18-13-14(2)23-28-18/h4-13,19H,3H2,1-2H3,(H,22,24)/t19-/m0/s1. The van der Waals surface area contributed by atoms with E-state index in [0.29, 0.717) is 29.3 Å². The smallest absolute Gasteiger partial charge is 0.378 e. The number of hydrogen-bond donors (Lipinski definition) is 1. The molecule has 0 unspecified atom stereocenters. The van der Waals surface area contributed by atoms with Crippen molar-refractivity contribution in [1.82, 2.24) is 5.16 Å². The van der Waals surface area contributed by atoms with E-state index >= 15 is 0 Å². The highest BCUT2D eigenvalue weighted by atomic mass is 16.6. The molecule has 7 nitrogen and oxygen atoms in total. The number of amides is 1. The third-order valence-corrected chi connectivity index (χ3v) is 3.84. The number of esters is 1. The van der Waals surface area contributed by atoms with Crippen molar-refractivity contribution in [3.8, 4) is 5.75 Å². The molecular formula is C21H20N2O5. The van der Waals surface area contributed by atoms with E-state index in [1.54, 1.807) is 49.4 Å². The summed E-state index contributed by atoms with van der Waals surface area (Å²) in [5.41, 5.74) is 1.55. The molecule has 144 valence electrons. The molecule has 3 aromatic rings. The molecule has 1 aromatic heterocycles. The van der Waals surface area contributed by atoms with E-state index in [1.165, 1.54) is 6.07 Å². The number of ether oxygens (including phenoxy) is 2. The molecular weight excluding hydrogens is 360 g/mol. The second kappa shape index (κ2) is 8.85. The first kappa shape index (κ1) is 19.2. The van der Waals surface area contributed by atoms with Crippen molar-refractivity contribution in [3.63, 3.8) is 0 Å². The van der Waals surface area contributed by atoms with Crippen molar-refractivity contribution in [2.45, 2.75) is 20.0 Å². The summed E-state index contributed by atoms with van der Waals surface area (Å²) in [6.07, 6.45) is -1.17. The molecule has 0 aliphatic rings. The molecule has 0 bridgehead atoms. The Kier molecular flexibility index (Phi) is 6.06. The molecule has 0 radical (unpaired) electrons. The number of nitrogens with one attached hydrogen (secondary N) is 1. The molecule has 0 fully saturated rings. The molecule has 0 aliphatic carbocycles. The first-order valence-corrected chi connectivity index (χ1v) is 8.80. The lowest BCUT2D eigenvalue weighted by molar-refractivity contribution is -0.125. The van der Waals surface area contributed by atoms with Crippen LogP contribution in [0.2, 0.25) is 0 Å². The van der Waals surface area contributed by atoms with Gasteiger partial charge in [-0.2, -0.15) is 0 Å². The summed E-state index contributed by atoms with van der Waals surface area (Å²) in [7, 11) is 0. The molecule has 1 N–H and O–H groups in total. The number of para-hydroxylation sites is 2. The summed E-state index contributed by atoms with van der Waals surface area (Å²) in [4.78, 5) is 25.4. The van der Waals surface area contributed by atoms with Crippen molar-refractivity contribution in [1.29, 1.82) is 0 Å². The Morgan fingerprint density at radius 1 is 1.11 bits per heavy atom. The van der Waals surface area contributed by atoms with E-state index < -0.39 is 18.0 Å². The zero-order valence-electron chi connectivity index (χ0n) is 15.5. The van der Waals surface area contributed by atoms with Crippen LogP contribution < -0.4 is 10.1 Å². The highest BCUT2D eigenvalue weighted by molar-refractivity contribution is 5.98. The molecule has 0 spiro atoms. The van der Waals surface area contributed by atoms with Gasteiger partial charge in [0.15, 0.2) is 0 Å². The van der Waals surface area contributed by atoms with E-state index in [9.17, 15) is 9.59 Å². The number of aryl methyl sites for hydroxylation is 1. The predicted molar refractivity (Wildman–Crippen MR) is 102 cm³/mol. The van der Waals surface area contributed by atoms with E-state index in [4.69, 9.17) is 14.0 Å². The predicted octanol–water partition coefficient (Wildman–Crippen LogP) is 3.92. The maximum absolute atomic E-state index is 13.0. The second-order valence-electron chi connectivity index (χ2n) is 5.95. The average Bonchev–Trinajstić information content (AvgIpc) is 3.15. The van der Waals surface area contributed by atoms with Gasteiger partial charge in [0.2, 0.25) is 11.9 Å². The Balaban J connectivity index is 1.85. The first-order chi connectivity index (χ1) is 13.6. The van der Waals surface area contributed by atoms with Gasteiger partial charge in [-0.05, 0) is 26.0 Å². The second-order valence-corrected chi connectivity index (χ2v) is 5.95. The maximum Gasteiger partial charge on any atom is 0.378 e. The molecule has 7 heteroatoms. The lowest BCUT2D eigenvalue weighted by Crippen LogP contribution is -2.26. The van der Waals surface area contributed by atoms with Gasteiger partial charge in [0.25, 0.3) is 5.91 Å². The molecule has 0 aliphatic heterocycles. The van der Waals surface area contributed by atoms with E-state index in [-0.39, 0.29) is 5.76 Å². The van der Waals surface area contributed by atoms with Gasteiger partial charge in [-0.3, -0.25) is 4.79 Å². The van der Waals surface area contributed by atoms with Crippen LogP contribution in [0.1, 0.15) is 34.8 Å². The Hall–Kier alpha value is -3.61. The summed E-state index contributed by atoms with van der Waals surface area (Å²) in [5, 5.41) is 6.44. The van der Waals surface area contributed by atoms with E-state index in [0.717, 1.165) is 0 Å². The van der Waals surface area contributed by atoms with Gasteiger partial charge in [-0.1, -0.05) is 47.6 Å². The summed E-state index contributed by atoms with van der Waals surface area (Å²) < 4.78 is 15.9. The van der Waals surface area contributed by atoms with Gasteiger partial charge in [-0.15, -0.1) is 0 Å². The zero-order valence-corrected chi connectivity index (χ0v) is 15.5. The van der Waals surface area contributed by atoms with Crippen LogP contribution in [0.15, 0.2) is 65.2 Å². The Morgan fingerprint density at radius 3 is 2.50 bits per heavy atom. The van der Waals surface area contributed by atoms with Crippen molar-refractivity contribution in [2.75, 3.05) is 11.9 Å². The van der Waals surface area contributed by atoms with E-state index in [2.05, 4.69) is 10.5 Å². The van der Waals surface area contributed by atoms with Gasteiger partial charge in [0, 0.05) is 11.6 Å². The molecule has 3 rings (SSSR count). The number of carbonyl (C=O) groups is 2. The molecule has 0 saturated carbocycles. The molecule has 1 amide bonds. The van der Waals surface area contributed by atoms with Gasteiger partial charge in [0.1, 0.15) is 5.75 Å². The summed E-state index contributed by atoms with van der Waals surface area (Å²) in [6.45, 7) is 3.99. The Morgan fingerprint density at radius 2 is 1.82 bits per heavy atom. The minimum atomic E-state index is -1.17. The van der Waals surface area contributed by atoms with Crippen molar-refractivity contribution < 1.29 is 23.6 Å². The minimum absolute atomic E-state index is 0.0686. The van der Waals surface area contributed by atoms with Crippen LogP contribution in [-0.2, 0) is 9.53 Å². The van der Waals surface area contributed by atoms with Crippen LogP contribution in [0.5, 0.6) is 5.75 Å². The van der Waals surface area contributed by atoms with Crippen LogP contribution in [0.3, 0.4) is 0 Å². The maximum atomic E-state index is 13.0. The van der Waals surface area contributed by atoms with Crippen LogP contribution in [0, 0.1) is 6.92 Å². The first-order valence-electron chi connectivity index (χ1n) is 8.80. The number of nitrogens with zero attached hydrogens (tertiary/aromatic N) is 1. The number of hydrogen-bond acceptors (Lipinski definition) is 6. The van der Waals surface area contributed by atoms with Crippen molar-refractivity contribution in [3.05, 3.63) is 77.7 Å². The van der Waals surface area contributed by atoms with Gasteiger partial charge in [-0.25, -0.2) is 4.79 Å². The molecule has 28 heavy (non-hydrogen) atoms. The van der Waals surface area contributed by atoms with Crippen LogP contribution in [0.25, 0.3) is 0 Å². The monoisotopic (exact) mass is 380 g/mol. The van der Waals surface area contributed by atoms with Crippen molar-refractivity contribution >= 4 is 17.6 Å². The molecule has 1 heterocycles. The highest BCUT2D eigenvalue weighted by Gasteiger charge is 2.28. The highest BCUT2D eigenvalue weighted by Crippen LogP contribution is 2.27. The molecule has 2 aromatic carbocycles. The average molecular weight is 380 g/mol. The molecule has 1 atom stereocenters. The third-order valence-electron chi connectivity index (χ3n) is 3.84. The zero-order chi connectivity index (χ0) is 19.9. The lowest BCUT2D eigenvalue weighted by Gasteiger charge is -2.18. The van der Waals surface area contributed by atoms with Crippen LogP contribution in [0.4, 0.5) is 5.69 Å². The van der Waals surface area contributed by atoms with Crippen molar-refractivity contribution in [2.24, 2.45) is 0 Å². The number of anilines is 1. The normalized spacial score (nSPS) is 11.5. The fraction of sp³-hybridized carbons (Fsp3) is 0.190. The third kappa shape index (κ3) is 4.56. The number of aromatic nitrogens is 1. The Bertz CT molecular complexity index is 952. The fourth-order valence-electron chi connectivity index (χ4n) is 2.58. The Labute approximate surface area is 162 Å². The van der Waals surface area contributed by atoms with Gasteiger partial charge in [0.05, 0.1) is 18.0 Å². The van der Waals surface area contributed by atoms with Gasteiger partial charge >= 0.3 is 5.97 Å². The number of carbonyl (C=O) groups excluding carboxylic acids is 2. The minimum Gasteiger partial charge on any atom is -0.492 e. The number of benzene rings is 2. The fourth-order valence-corrected chi connectivity index (χ4v) is 2.58. The van der Waals surface area contributed by atoms with Crippen LogP contribution in [-0.4, -0.2) is 23.6 Å². The number of rotatable bonds is 7. The SMILES string of the molecule is CCOc1ccccc1NC(=O)[C@@H](OC(=O)c1cc(C)no1)c1ccccc1. The summed E-state index contributed by atoms with van der Waals surface area (Å²) >= 11 is 0. The largest absolute Gasteiger partial charge is 0.492 e. The van der Waals surface area contributed by atoms with E-state index in [1.807, 2.05) is 19.1 Å². The lowest BCUT2D eigenvalue weighted by atomic mass is 10.1. The van der Waals surface area contributed by atoms with Gasteiger partial charge < -0.3 is 19.3 Å². The topological polar surface area (TPSA) is 90.7 Å². The molecule has 0 saturated heterocycles. The quantitative estimate of drug-likeness (QED) is 0.625. The van der Waals surface area contributed by atoms with Crippen LogP contribution >= 0.6 is 0 Å².